The molecule has 4 nitrogen and oxygen atoms in total. The third kappa shape index (κ3) is 3.02. The lowest BCUT2D eigenvalue weighted by atomic mass is 10.1. The maximum atomic E-state index is 12.4. The molecule has 1 amide bonds. The first-order valence-corrected chi connectivity index (χ1v) is 8.04. The van der Waals surface area contributed by atoms with Crippen molar-refractivity contribution < 1.29 is 9.53 Å². The van der Waals surface area contributed by atoms with Gasteiger partial charge in [-0.05, 0) is 37.5 Å². The average molecular weight is 300 g/mol. The molecule has 0 radical (unpaired) electrons. The van der Waals surface area contributed by atoms with Crippen LogP contribution in [0.15, 0.2) is 30.3 Å². The summed E-state index contributed by atoms with van der Waals surface area (Å²) in [5.74, 6) is 1.17. The molecule has 0 N–H and O–H groups in total. The summed E-state index contributed by atoms with van der Waals surface area (Å²) >= 11 is 0. The van der Waals surface area contributed by atoms with Crippen LogP contribution in [0.3, 0.4) is 0 Å². The number of hydrogen-bond acceptors (Lipinski definition) is 3. The second kappa shape index (κ2) is 6.53. The van der Waals surface area contributed by atoms with Crippen molar-refractivity contribution >= 4 is 12.0 Å². The van der Waals surface area contributed by atoms with E-state index in [1.165, 1.54) is 0 Å². The molecule has 0 aliphatic carbocycles. The number of ether oxygens (including phenoxy) is 1. The van der Waals surface area contributed by atoms with Gasteiger partial charge < -0.3 is 9.64 Å². The van der Waals surface area contributed by atoms with E-state index in [-0.39, 0.29) is 6.04 Å². The quantitative estimate of drug-likeness (QED) is 0.856. The zero-order valence-corrected chi connectivity index (χ0v) is 13.4. The Morgan fingerprint density at radius 2 is 2.09 bits per heavy atom. The number of carbonyl (C=O) groups is 1. The Labute approximate surface area is 132 Å². The Morgan fingerprint density at radius 1 is 1.32 bits per heavy atom. The van der Waals surface area contributed by atoms with Crippen molar-refractivity contribution in [3.05, 3.63) is 35.9 Å². The van der Waals surface area contributed by atoms with E-state index in [9.17, 15) is 4.79 Å². The van der Waals surface area contributed by atoms with Crippen LogP contribution in [-0.4, -0.2) is 54.5 Å². The van der Waals surface area contributed by atoms with Crippen LogP contribution in [0.25, 0.3) is 6.08 Å². The minimum Gasteiger partial charge on any atom is -0.497 e. The number of hydrogen-bond donors (Lipinski definition) is 0. The highest BCUT2D eigenvalue weighted by Gasteiger charge is 2.39. The molecule has 1 aromatic rings. The van der Waals surface area contributed by atoms with E-state index in [1.807, 2.05) is 31.2 Å². The van der Waals surface area contributed by atoms with E-state index in [1.54, 1.807) is 7.11 Å². The molecule has 22 heavy (non-hydrogen) atoms. The van der Waals surface area contributed by atoms with Crippen molar-refractivity contribution in [1.29, 1.82) is 0 Å². The highest BCUT2D eigenvalue weighted by atomic mass is 16.5. The van der Waals surface area contributed by atoms with Crippen molar-refractivity contribution in [2.45, 2.75) is 31.8 Å². The van der Waals surface area contributed by atoms with Crippen LogP contribution in [0.5, 0.6) is 5.75 Å². The van der Waals surface area contributed by atoms with Crippen LogP contribution in [0.2, 0.25) is 0 Å². The SMILES string of the molecule is COc1ccc(C=CCN2C[C@H]3CCCN3C(=O)[C@H]2C)cc1. The highest BCUT2D eigenvalue weighted by Crippen LogP contribution is 2.25. The summed E-state index contributed by atoms with van der Waals surface area (Å²) in [4.78, 5) is 16.7. The number of rotatable bonds is 4. The van der Waals surface area contributed by atoms with Gasteiger partial charge in [-0.25, -0.2) is 0 Å². The minimum absolute atomic E-state index is 0.00475. The van der Waals surface area contributed by atoms with E-state index >= 15 is 0 Å². The lowest BCUT2D eigenvalue weighted by Crippen LogP contribution is -2.58. The molecule has 2 heterocycles. The molecule has 3 rings (SSSR count). The van der Waals surface area contributed by atoms with Gasteiger partial charge in [-0.15, -0.1) is 0 Å². The first kappa shape index (κ1) is 15.1. The molecular weight excluding hydrogens is 276 g/mol. The minimum atomic E-state index is -0.00475. The third-order valence-electron chi connectivity index (χ3n) is 4.78. The van der Waals surface area contributed by atoms with Crippen molar-refractivity contribution in [1.82, 2.24) is 9.80 Å². The second-order valence-electron chi connectivity index (χ2n) is 6.13. The molecule has 0 bridgehead atoms. The highest BCUT2D eigenvalue weighted by molar-refractivity contribution is 5.83. The second-order valence-corrected chi connectivity index (χ2v) is 6.13. The van der Waals surface area contributed by atoms with Gasteiger partial charge in [-0.1, -0.05) is 24.3 Å². The van der Waals surface area contributed by atoms with Crippen LogP contribution in [0.4, 0.5) is 0 Å². The molecule has 2 fully saturated rings. The van der Waals surface area contributed by atoms with E-state index in [4.69, 9.17) is 4.74 Å². The predicted octanol–water partition coefficient (Wildman–Crippen LogP) is 2.40. The van der Waals surface area contributed by atoms with Crippen molar-refractivity contribution in [3.63, 3.8) is 0 Å². The summed E-state index contributed by atoms with van der Waals surface area (Å²) in [5, 5.41) is 0. The maximum Gasteiger partial charge on any atom is 0.239 e. The molecule has 1 aromatic carbocycles. The summed E-state index contributed by atoms with van der Waals surface area (Å²) in [5.41, 5.74) is 1.15. The average Bonchev–Trinajstić information content (AvgIpc) is 3.01. The Bertz CT molecular complexity index is 553. The fourth-order valence-electron chi connectivity index (χ4n) is 3.41. The molecule has 2 aliphatic heterocycles. The van der Waals surface area contributed by atoms with Crippen molar-refractivity contribution in [2.24, 2.45) is 0 Å². The van der Waals surface area contributed by atoms with E-state index < -0.39 is 0 Å². The number of methoxy groups -OCH3 is 1. The Balaban J connectivity index is 1.60. The van der Waals surface area contributed by atoms with Gasteiger partial charge in [-0.2, -0.15) is 0 Å². The number of benzene rings is 1. The molecule has 4 heteroatoms. The normalized spacial score (nSPS) is 25.7. The summed E-state index contributed by atoms with van der Waals surface area (Å²) in [6.07, 6.45) is 6.56. The Morgan fingerprint density at radius 3 is 2.82 bits per heavy atom. The monoisotopic (exact) mass is 300 g/mol. The maximum absolute atomic E-state index is 12.4. The molecule has 2 atom stereocenters. The van der Waals surface area contributed by atoms with E-state index in [2.05, 4.69) is 22.0 Å². The largest absolute Gasteiger partial charge is 0.497 e. The molecule has 2 aliphatic rings. The fraction of sp³-hybridized carbons (Fsp3) is 0.500. The van der Waals surface area contributed by atoms with Gasteiger partial charge >= 0.3 is 0 Å². The van der Waals surface area contributed by atoms with Gasteiger partial charge in [0.1, 0.15) is 5.75 Å². The molecule has 0 saturated carbocycles. The van der Waals surface area contributed by atoms with Crippen LogP contribution in [-0.2, 0) is 4.79 Å². The molecular formula is C18H24N2O2. The van der Waals surface area contributed by atoms with Crippen LogP contribution in [0.1, 0.15) is 25.3 Å². The Kier molecular flexibility index (Phi) is 4.48. The van der Waals surface area contributed by atoms with Gasteiger partial charge in [0, 0.05) is 25.7 Å². The topological polar surface area (TPSA) is 32.8 Å². The summed E-state index contributed by atoms with van der Waals surface area (Å²) in [6, 6.07) is 8.43. The third-order valence-corrected chi connectivity index (χ3v) is 4.78. The van der Waals surface area contributed by atoms with E-state index in [0.29, 0.717) is 11.9 Å². The lowest BCUT2D eigenvalue weighted by molar-refractivity contribution is -0.142. The van der Waals surface area contributed by atoms with Gasteiger partial charge in [0.25, 0.3) is 0 Å². The lowest BCUT2D eigenvalue weighted by Gasteiger charge is -2.41. The summed E-state index contributed by atoms with van der Waals surface area (Å²) in [6.45, 7) is 4.80. The zero-order valence-electron chi connectivity index (χ0n) is 13.4. The first-order valence-electron chi connectivity index (χ1n) is 8.04. The Hall–Kier alpha value is -1.81. The van der Waals surface area contributed by atoms with Crippen molar-refractivity contribution in [2.75, 3.05) is 26.7 Å². The standard InChI is InChI=1S/C18H24N2O2/c1-14-18(21)20-12-4-6-16(20)13-19(14)11-3-5-15-7-9-17(22-2)10-8-15/h3,5,7-10,14,16H,4,6,11-13H2,1-2H3/t14-,16-/m1/s1. The molecule has 0 spiro atoms. The van der Waals surface area contributed by atoms with Crippen LogP contribution in [0, 0.1) is 0 Å². The van der Waals surface area contributed by atoms with Gasteiger partial charge in [0.15, 0.2) is 0 Å². The van der Waals surface area contributed by atoms with Gasteiger partial charge in [-0.3, -0.25) is 9.69 Å². The zero-order chi connectivity index (χ0) is 15.5. The van der Waals surface area contributed by atoms with E-state index in [0.717, 1.165) is 43.8 Å². The fourth-order valence-corrected chi connectivity index (χ4v) is 3.41. The van der Waals surface area contributed by atoms with Gasteiger partial charge in [0.05, 0.1) is 13.2 Å². The summed E-state index contributed by atoms with van der Waals surface area (Å²) in [7, 11) is 1.67. The van der Waals surface area contributed by atoms with Gasteiger partial charge in [0.2, 0.25) is 5.91 Å². The number of nitrogens with zero attached hydrogens (tertiary/aromatic N) is 2. The summed E-state index contributed by atoms with van der Waals surface area (Å²) < 4.78 is 5.16. The van der Waals surface area contributed by atoms with Crippen LogP contribution < -0.4 is 4.74 Å². The molecule has 2 saturated heterocycles. The molecule has 0 aromatic heterocycles. The predicted molar refractivity (Wildman–Crippen MR) is 87.8 cm³/mol. The smallest absolute Gasteiger partial charge is 0.239 e. The van der Waals surface area contributed by atoms with Crippen LogP contribution >= 0.6 is 0 Å². The molecule has 118 valence electrons. The molecule has 0 unspecified atom stereocenters. The number of carbonyl (C=O) groups excluding carboxylic acids is 1. The number of amides is 1. The number of fused-ring (bicyclic) bond motifs is 1. The first-order chi connectivity index (χ1) is 10.7. The number of piperazine rings is 1. The van der Waals surface area contributed by atoms with Crippen molar-refractivity contribution in [3.8, 4) is 5.75 Å².